The lowest BCUT2D eigenvalue weighted by molar-refractivity contribution is -0.0620. The molecule has 3 nitrogen and oxygen atoms in total. The van der Waals surface area contributed by atoms with E-state index in [0.717, 1.165) is 31.7 Å². The van der Waals surface area contributed by atoms with Gasteiger partial charge in [0.25, 0.3) is 0 Å². The molecule has 2 aromatic rings. The first-order valence-electron chi connectivity index (χ1n) is 7.48. The van der Waals surface area contributed by atoms with E-state index < -0.39 is 0 Å². The molecule has 0 saturated carbocycles. The molecule has 110 valence electrons. The van der Waals surface area contributed by atoms with Gasteiger partial charge in [-0.1, -0.05) is 30.3 Å². The van der Waals surface area contributed by atoms with Crippen LogP contribution in [0.25, 0.3) is 0 Å². The zero-order valence-electron chi connectivity index (χ0n) is 11.8. The third-order valence-corrected chi connectivity index (χ3v) is 5.56. The van der Waals surface area contributed by atoms with Crippen molar-refractivity contribution in [3.8, 4) is 0 Å². The van der Waals surface area contributed by atoms with Crippen LogP contribution in [-0.2, 0) is 11.2 Å². The smallest absolute Gasteiger partial charge is 0.104 e. The van der Waals surface area contributed by atoms with Gasteiger partial charge in [-0.3, -0.25) is 4.90 Å². The van der Waals surface area contributed by atoms with E-state index in [4.69, 9.17) is 4.74 Å². The molecule has 2 aliphatic rings. The van der Waals surface area contributed by atoms with Crippen LogP contribution in [-0.4, -0.2) is 35.7 Å². The Bertz CT molecular complexity index is 613. The topological polar surface area (TPSA) is 32.7 Å². The second-order valence-corrected chi connectivity index (χ2v) is 6.76. The zero-order chi connectivity index (χ0) is 14.2. The van der Waals surface area contributed by atoms with E-state index in [2.05, 4.69) is 40.6 Å². The van der Waals surface area contributed by atoms with E-state index in [1.54, 1.807) is 11.3 Å². The van der Waals surface area contributed by atoms with Crippen molar-refractivity contribution < 1.29 is 9.84 Å². The van der Waals surface area contributed by atoms with Gasteiger partial charge >= 0.3 is 0 Å². The average Bonchev–Trinajstić information content (AvgIpc) is 3.16. The number of aliphatic hydroxyl groups is 1. The number of ether oxygens (including phenoxy) is 1. The van der Waals surface area contributed by atoms with E-state index in [-0.39, 0.29) is 18.2 Å². The summed E-state index contributed by atoms with van der Waals surface area (Å²) in [5, 5.41) is 12.7. The van der Waals surface area contributed by atoms with Gasteiger partial charge in [-0.05, 0) is 29.0 Å². The number of aliphatic hydroxyl groups excluding tert-OH is 1. The Morgan fingerprint density at radius 1 is 1.19 bits per heavy atom. The molecule has 1 aromatic carbocycles. The van der Waals surface area contributed by atoms with Crippen LogP contribution in [0, 0.1) is 0 Å². The average molecular weight is 301 g/mol. The maximum atomic E-state index is 10.6. The number of hydrogen-bond donors (Lipinski definition) is 1. The highest BCUT2D eigenvalue weighted by molar-refractivity contribution is 7.10. The molecule has 0 amide bonds. The fourth-order valence-corrected chi connectivity index (χ4v) is 4.26. The van der Waals surface area contributed by atoms with Crippen molar-refractivity contribution >= 4 is 11.3 Å². The van der Waals surface area contributed by atoms with Crippen LogP contribution in [0.1, 0.15) is 28.2 Å². The molecular weight excluding hydrogens is 282 g/mol. The molecule has 1 saturated heterocycles. The van der Waals surface area contributed by atoms with Crippen LogP contribution < -0.4 is 0 Å². The van der Waals surface area contributed by atoms with Gasteiger partial charge in [-0.25, -0.2) is 0 Å². The molecule has 0 radical (unpaired) electrons. The minimum atomic E-state index is -0.372. The molecule has 0 spiro atoms. The molecule has 21 heavy (non-hydrogen) atoms. The first-order chi connectivity index (χ1) is 10.3. The Morgan fingerprint density at radius 2 is 2.10 bits per heavy atom. The van der Waals surface area contributed by atoms with Crippen molar-refractivity contribution in [3.05, 3.63) is 57.8 Å². The number of rotatable bonds is 2. The highest BCUT2D eigenvalue weighted by Crippen LogP contribution is 2.36. The summed E-state index contributed by atoms with van der Waals surface area (Å²) >= 11 is 1.75. The lowest BCUT2D eigenvalue weighted by Crippen LogP contribution is -2.46. The van der Waals surface area contributed by atoms with Gasteiger partial charge in [-0.2, -0.15) is 0 Å². The summed E-state index contributed by atoms with van der Waals surface area (Å²) in [6, 6.07) is 12.7. The van der Waals surface area contributed by atoms with Gasteiger partial charge in [0.1, 0.15) is 6.10 Å². The van der Waals surface area contributed by atoms with Crippen LogP contribution in [0.4, 0.5) is 0 Å². The van der Waals surface area contributed by atoms with Crippen molar-refractivity contribution in [2.75, 3.05) is 19.7 Å². The van der Waals surface area contributed by atoms with Crippen LogP contribution in [0.3, 0.4) is 0 Å². The molecule has 2 heterocycles. The summed E-state index contributed by atoms with van der Waals surface area (Å²) in [5.41, 5.74) is 2.39. The summed E-state index contributed by atoms with van der Waals surface area (Å²) < 4.78 is 5.91. The quantitative estimate of drug-likeness (QED) is 0.926. The van der Waals surface area contributed by atoms with E-state index in [1.807, 2.05) is 6.07 Å². The number of benzene rings is 1. The third kappa shape index (κ3) is 2.42. The fraction of sp³-hybridized carbons (Fsp3) is 0.412. The highest BCUT2D eigenvalue weighted by Gasteiger charge is 2.37. The molecule has 1 N–H and O–H groups in total. The molecule has 1 fully saturated rings. The van der Waals surface area contributed by atoms with Crippen molar-refractivity contribution in [1.82, 2.24) is 4.90 Å². The Balaban J connectivity index is 1.52. The molecule has 1 aliphatic heterocycles. The van der Waals surface area contributed by atoms with Gasteiger partial charge in [-0.15, -0.1) is 11.3 Å². The van der Waals surface area contributed by atoms with Crippen molar-refractivity contribution in [2.45, 2.75) is 24.7 Å². The van der Waals surface area contributed by atoms with E-state index >= 15 is 0 Å². The van der Waals surface area contributed by atoms with Crippen LogP contribution in [0.15, 0.2) is 41.8 Å². The molecule has 0 unspecified atom stereocenters. The highest BCUT2D eigenvalue weighted by atomic mass is 32.1. The Morgan fingerprint density at radius 3 is 2.90 bits per heavy atom. The van der Waals surface area contributed by atoms with Gasteiger partial charge in [0.2, 0.25) is 0 Å². The minimum absolute atomic E-state index is 0.148. The molecule has 4 heteroatoms. The second-order valence-electron chi connectivity index (χ2n) is 5.78. The summed E-state index contributed by atoms with van der Waals surface area (Å²) in [6.45, 7) is 2.51. The molecule has 1 aromatic heterocycles. The number of thiophene rings is 1. The van der Waals surface area contributed by atoms with Crippen LogP contribution in [0.5, 0.6) is 0 Å². The molecule has 4 rings (SSSR count). The first kappa shape index (κ1) is 13.5. The lowest BCUT2D eigenvalue weighted by atomic mass is 10.1. The van der Waals surface area contributed by atoms with Crippen molar-refractivity contribution in [3.63, 3.8) is 0 Å². The molecule has 3 atom stereocenters. The largest absolute Gasteiger partial charge is 0.387 e. The predicted molar refractivity (Wildman–Crippen MR) is 83.5 cm³/mol. The SMILES string of the molecule is O[C@@H]1c2ccccc2C[C@H]1N1CCO[C@@H](c2cccs2)C1. The molecule has 1 aliphatic carbocycles. The lowest BCUT2D eigenvalue weighted by Gasteiger charge is -2.37. The maximum Gasteiger partial charge on any atom is 0.104 e. The van der Waals surface area contributed by atoms with Crippen LogP contribution in [0.2, 0.25) is 0 Å². The van der Waals surface area contributed by atoms with E-state index in [1.165, 1.54) is 10.4 Å². The van der Waals surface area contributed by atoms with E-state index in [0.29, 0.717) is 0 Å². The van der Waals surface area contributed by atoms with Gasteiger partial charge in [0.05, 0.1) is 12.7 Å². The number of fused-ring (bicyclic) bond motifs is 1. The normalized spacial score (nSPS) is 29.5. The molecular formula is C17H19NO2S. The summed E-state index contributed by atoms with van der Waals surface area (Å²) in [7, 11) is 0. The maximum absolute atomic E-state index is 10.6. The van der Waals surface area contributed by atoms with E-state index in [9.17, 15) is 5.11 Å². The van der Waals surface area contributed by atoms with Crippen LogP contribution >= 0.6 is 11.3 Å². The Labute approximate surface area is 128 Å². The summed E-state index contributed by atoms with van der Waals surface area (Å²) in [4.78, 5) is 3.68. The van der Waals surface area contributed by atoms with Crippen molar-refractivity contribution in [2.24, 2.45) is 0 Å². The third-order valence-electron chi connectivity index (χ3n) is 4.59. The fourth-order valence-electron chi connectivity index (χ4n) is 3.50. The second kappa shape index (κ2) is 5.54. The number of nitrogens with zero attached hydrogens (tertiary/aromatic N) is 1. The van der Waals surface area contributed by atoms with Gasteiger partial charge < -0.3 is 9.84 Å². The summed E-state index contributed by atoms with van der Waals surface area (Å²) in [5.74, 6) is 0. The monoisotopic (exact) mass is 301 g/mol. The first-order valence-corrected chi connectivity index (χ1v) is 8.36. The van der Waals surface area contributed by atoms with Gasteiger partial charge in [0.15, 0.2) is 0 Å². The minimum Gasteiger partial charge on any atom is -0.387 e. The number of hydrogen-bond acceptors (Lipinski definition) is 4. The predicted octanol–water partition coefficient (Wildman–Crippen LogP) is 2.78. The summed E-state index contributed by atoms with van der Waals surface area (Å²) in [6.07, 6.45) is 0.715. The number of morpholine rings is 1. The molecule has 0 bridgehead atoms. The standard InChI is InChI=1S/C17H19NO2S/c19-17-13-5-2-1-4-12(13)10-14(17)18-7-8-20-15(11-18)16-6-3-9-21-16/h1-6,9,14-15,17,19H,7-8,10-11H2/t14-,15-,17-/m1/s1. The zero-order valence-corrected chi connectivity index (χ0v) is 12.6. The van der Waals surface area contributed by atoms with Gasteiger partial charge in [0, 0.05) is 24.0 Å². The van der Waals surface area contributed by atoms with Crippen molar-refractivity contribution in [1.29, 1.82) is 0 Å². The Kier molecular flexibility index (Phi) is 3.55. The Hall–Kier alpha value is -1.20.